The maximum atomic E-state index is 12.4. The van der Waals surface area contributed by atoms with Gasteiger partial charge in [-0.25, -0.2) is 9.69 Å². The lowest BCUT2D eigenvalue weighted by Crippen LogP contribution is -2.54. The van der Waals surface area contributed by atoms with Crippen LogP contribution in [0.2, 0.25) is 0 Å². The molecule has 0 spiro atoms. The number of furan rings is 1. The molecule has 0 aliphatic carbocycles. The highest BCUT2D eigenvalue weighted by Gasteiger charge is 2.38. The minimum Gasteiger partial charge on any atom is -0.463 e. The van der Waals surface area contributed by atoms with Crippen LogP contribution in [-0.4, -0.2) is 64.1 Å². The van der Waals surface area contributed by atoms with E-state index >= 15 is 0 Å². The minimum atomic E-state index is -0.611. The van der Waals surface area contributed by atoms with Crippen molar-refractivity contribution in [3.05, 3.63) is 30.2 Å². The standard InChI is InChI=1S/C15H14N4O5/c20-13-8-24-15(22)19(13)7-9-5-18(6-9)14(21)11-4-10(16-17-11)12-2-1-3-23-12/h1-4,9H,5-8H2,(H,16,17). The number of ether oxygens (including phenoxy) is 1. The van der Waals surface area contributed by atoms with Crippen LogP contribution < -0.4 is 0 Å². The van der Waals surface area contributed by atoms with Crippen LogP contribution in [0.15, 0.2) is 28.9 Å². The molecule has 4 rings (SSSR count). The van der Waals surface area contributed by atoms with E-state index in [9.17, 15) is 14.4 Å². The van der Waals surface area contributed by atoms with Gasteiger partial charge < -0.3 is 14.1 Å². The van der Waals surface area contributed by atoms with E-state index in [1.54, 1.807) is 29.4 Å². The van der Waals surface area contributed by atoms with E-state index in [-0.39, 0.29) is 30.9 Å². The molecule has 124 valence electrons. The second kappa shape index (κ2) is 5.52. The lowest BCUT2D eigenvalue weighted by Gasteiger charge is -2.39. The van der Waals surface area contributed by atoms with Crippen molar-refractivity contribution in [1.29, 1.82) is 0 Å². The molecule has 9 heteroatoms. The van der Waals surface area contributed by atoms with Gasteiger partial charge in [0.05, 0.1) is 6.26 Å². The molecule has 9 nitrogen and oxygen atoms in total. The van der Waals surface area contributed by atoms with E-state index in [4.69, 9.17) is 4.42 Å². The molecule has 3 amide bonds. The normalized spacial score (nSPS) is 18.0. The minimum absolute atomic E-state index is 0.0621. The number of hydrogen-bond donors (Lipinski definition) is 1. The first-order valence-corrected chi connectivity index (χ1v) is 7.47. The van der Waals surface area contributed by atoms with Gasteiger partial charge in [-0.2, -0.15) is 5.10 Å². The summed E-state index contributed by atoms with van der Waals surface area (Å²) in [5.41, 5.74) is 0.933. The molecule has 2 aliphatic heterocycles. The number of rotatable bonds is 4. The molecular formula is C15H14N4O5. The van der Waals surface area contributed by atoms with Gasteiger partial charge in [-0.15, -0.1) is 0 Å². The van der Waals surface area contributed by atoms with Gasteiger partial charge in [0.2, 0.25) is 0 Å². The van der Waals surface area contributed by atoms with Crippen LogP contribution in [0.1, 0.15) is 10.5 Å². The molecule has 0 saturated carbocycles. The van der Waals surface area contributed by atoms with Gasteiger partial charge in [-0.05, 0) is 12.1 Å². The first kappa shape index (κ1) is 14.5. The average Bonchev–Trinajstić information content (AvgIpc) is 3.24. The topological polar surface area (TPSA) is 109 Å². The highest BCUT2D eigenvalue weighted by molar-refractivity contribution is 5.98. The summed E-state index contributed by atoms with van der Waals surface area (Å²) >= 11 is 0. The van der Waals surface area contributed by atoms with Crippen molar-refractivity contribution in [2.45, 2.75) is 0 Å². The Labute approximate surface area is 136 Å². The molecule has 0 unspecified atom stereocenters. The Bertz CT molecular complexity index is 775. The zero-order valence-corrected chi connectivity index (χ0v) is 12.6. The number of carbonyl (C=O) groups excluding carboxylic acids is 3. The van der Waals surface area contributed by atoms with Crippen LogP contribution in [0, 0.1) is 5.92 Å². The molecule has 2 aromatic rings. The third-order valence-electron chi connectivity index (χ3n) is 4.11. The second-order valence-electron chi connectivity index (χ2n) is 5.78. The average molecular weight is 330 g/mol. The quantitative estimate of drug-likeness (QED) is 0.885. The van der Waals surface area contributed by atoms with Gasteiger partial charge in [0, 0.05) is 31.6 Å². The van der Waals surface area contributed by atoms with E-state index in [2.05, 4.69) is 14.9 Å². The number of amides is 3. The number of nitrogens with zero attached hydrogens (tertiary/aromatic N) is 3. The molecule has 4 heterocycles. The Morgan fingerprint density at radius 2 is 2.21 bits per heavy atom. The predicted molar refractivity (Wildman–Crippen MR) is 78.7 cm³/mol. The monoisotopic (exact) mass is 330 g/mol. The summed E-state index contributed by atoms with van der Waals surface area (Å²) in [5.74, 6) is 0.136. The Hall–Kier alpha value is -3.10. The zero-order valence-electron chi connectivity index (χ0n) is 12.6. The summed E-state index contributed by atoms with van der Waals surface area (Å²) in [6, 6.07) is 5.16. The predicted octanol–water partition coefficient (Wildman–Crippen LogP) is 0.720. The van der Waals surface area contributed by atoms with Crippen LogP contribution in [-0.2, 0) is 9.53 Å². The molecule has 2 aliphatic rings. The van der Waals surface area contributed by atoms with Crippen molar-refractivity contribution >= 4 is 17.9 Å². The van der Waals surface area contributed by atoms with Crippen molar-refractivity contribution in [3.8, 4) is 11.5 Å². The van der Waals surface area contributed by atoms with Gasteiger partial charge in [0.25, 0.3) is 11.8 Å². The van der Waals surface area contributed by atoms with Crippen LogP contribution in [0.25, 0.3) is 11.5 Å². The van der Waals surface area contributed by atoms with Gasteiger partial charge in [-0.3, -0.25) is 14.7 Å². The van der Waals surface area contributed by atoms with Crippen molar-refractivity contribution < 1.29 is 23.5 Å². The first-order valence-electron chi connectivity index (χ1n) is 7.47. The Kier molecular flexibility index (Phi) is 3.33. The number of likely N-dealkylation sites (tertiary alicyclic amines) is 1. The van der Waals surface area contributed by atoms with Gasteiger partial charge in [0.1, 0.15) is 5.69 Å². The number of H-pyrrole nitrogens is 1. The van der Waals surface area contributed by atoms with Crippen molar-refractivity contribution in [3.63, 3.8) is 0 Å². The fourth-order valence-electron chi connectivity index (χ4n) is 2.82. The van der Waals surface area contributed by atoms with Crippen LogP contribution in [0.5, 0.6) is 0 Å². The Morgan fingerprint density at radius 3 is 2.88 bits per heavy atom. The number of hydrogen-bond acceptors (Lipinski definition) is 6. The summed E-state index contributed by atoms with van der Waals surface area (Å²) in [4.78, 5) is 38.0. The highest BCUT2D eigenvalue weighted by atomic mass is 16.6. The van der Waals surface area contributed by atoms with Crippen LogP contribution >= 0.6 is 0 Å². The fourth-order valence-corrected chi connectivity index (χ4v) is 2.82. The lowest BCUT2D eigenvalue weighted by atomic mass is 9.99. The number of imide groups is 1. The fraction of sp³-hybridized carbons (Fsp3) is 0.333. The van der Waals surface area contributed by atoms with E-state index in [1.807, 2.05) is 0 Å². The molecule has 1 N–H and O–H groups in total. The molecule has 2 aromatic heterocycles. The number of aromatic amines is 1. The van der Waals surface area contributed by atoms with Crippen LogP contribution in [0.4, 0.5) is 4.79 Å². The summed E-state index contributed by atoms with van der Waals surface area (Å²) in [6.45, 7) is 1.02. The highest BCUT2D eigenvalue weighted by Crippen LogP contribution is 2.23. The smallest absolute Gasteiger partial charge is 0.417 e. The molecule has 24 heavy (non-hydrogen) atoms. The Morgan fingerprint density at radius 1 is 1.38 bits per heavy atom. The first-order chi connectivity index (χ1) is 11.6. The number of aromatic nitrogens is 2. The molecule has 2 saturated heterocycles. The summed E-state index contributed by atoms with van der Waals surface area (Å²) < 4.78 is 9.91. The molecule has 0 radical (unpaired) electrons. The van der Waals surface area contributed by atoms with E-state index in [0.29, 0.717) is 30.2 Å². The Balaban J connectivity index is 1.34. The van der Waals surface area contributed by atoms with Gasteiger partial charge in [-0.1, -0.05) is 0 Å². The van der Waals surface area contributed by atoms with E-state index in [0.717, 1.165) is 4.90 Å². The number of cyclic esters (lactones) is 1. The third-order valence-corrected chi connectivity index (χ3v) is 4.11. The number of carbonyl (C=O) groups is 3. The molecule has 2 fully saturated rings. The molecule has 0 bridgehead atoms. The van der Waals surface area contributed by atoms with Crippen LogP contribution in [0.3, 0.4) is 0 Å². The van der Waals surface area contributed by atoms with Crippen molar-refractivity contribution in [1.82, 2.24) is 20.0 Å². The van der Waals surface area contributed by atoms with Crippen molar-refractivity contribution in [2.24, 2.45) is 5.92 Å². The maximum absolute atomic E-state index is 12.4. The van der Waals surface area contributed by atoms with Gasteiger partial charge >= 0.3 is 6.09 Å². The zero-order chi connectivity index (χ0) is 16.7. The summed E-state index contributed by atoms with van der Waals surface area (Å²) in [7, 11) is 0. The molecule has 0 aromatic carbocycles. The largest absolute Gasteiger partial charge is 0.463 e. The van der Waals surface area contributed by atoms with Gasteiger partial charge in [0.15, 0.2) is 18.1 Å². The number of nitrogens with one attached hydrogen (secondary N) is 1. The van der Waals surface area contributed by atoms with Crippen molar-refractivity contribution in [2.75, 3.05) is 26.2 Å². The molecule has 0 atom stereocenters. The SMILES string of the molecule is O=C(c1cc(-c2ccco2)[nH]n1)N1CC(CN2C(=O)COC2=O)C1. The second-order valence-corrected chi connectivity index (χ2v) is 5.78. The van der Waals surface area contributed by atoms with E-state index in [1.165, 1.54) is 0 Å². The summed E-state index contributed by atoms with van der Waals surface area (Å²) in [6.07, 6.45) is 0.933. The molecular weight excluding hydrogens is 316 g/mol. The summed E-state index contributed by atoms with van der Waals surface area (Å²) in [5, 5.41) is 6.78. The lowest BCUT2D eigenvalue weighted by molar-refractivity contribution is -0.126. The third kappa shape index (κ3) is 2.43. The maximum Gasteiger partial charge on any atom is 0.417 e. The van der Waals surface area contributed by atoms with E-state index < -0.39 is 6.09 Å².